The van der Waals surface area contributed by atoms with Crippen molar-refractivity contribution in [1.29, 1.82) is 0 Å². The van der Waals surface area contributed by atoms with E-state index in [2.05, 4.69) is 23.3 Å². The zero-order chi connectivity index (χ0) is 24.1. The normalized spacial score (nSPS) is 26.9. The van der Waals surface area contributed by atoms with E-state index < -0.39 is 59.9 Å². The van der Waals surface area contributed by atoms with E-state index in [4.69, 9.17) is 14.2 Å². The maximum Gasteiger partial charge on any atom is 0.280 e. The highest BCUT2D eigenvalue weighted by atomic mass is 31.3. The lowest BCUT2D eigenvalue weighted by Gasteiger charge is -2.33. The number of aromatic nitrogens is 2. The molecule has 23 heteroatoms. The Morgan fingerprint density at radius 1 is 1.09 bits per heavy atom. The Labute approximate surface area is 195 Å². The molecule has 0 aromatic carbocycles. The standard InChI is InChI=1S/C12H17N2O15P3.3H3N/c1-4-7-8(15)5(2-13-12(7)27-14-4)11-10(17)9(16)6(26-11)3-25-31(21,22)29-32(23,24)28-30(18,19)20;;;/h2,6,9-11,16-17H,3H2,1H3,(H,13,15)(H,21,22)(H,23,24)(H2,18,19,20);3*1H3/t6-,9-,10-,11-;;;/m1.../s1. The van der Waals surface area contributed by atoms with E-state index in [1.54, 1.807) is 0 Å². The fourth-order valence-electron chi connectivity index (χ4n) is 2.90. The van der Waals surface area contributed by atoms with Crippen LogP contribution in [0.15, 0.2) is 15.5 Å². The van der Waals surface area contributed by atoms with E-state index in [0.717, 1.165) is 6.20 Å². The summed E-state index contributed by atoms with van der Waals surface area (Å²) in [6, 6.07) is 0. The maximum atomic E-state index is 12.7. The zero-order valence-electron chi connectivity index (χ0n) is 18.6. The third-order valence-corrected chi connectivity index (χ3v) is 7.87. The molecule has 3 heterocycles. The SMILES string of the molecule is Cc1noc2[nH]cc([C@H]3O[C@H](COP(=O)([O-])OP(=O)([O-])OP(=O)([O-])O)[C@@H](O)[C@H]3O)c(=O)c12.[NH4+].[NH4+].[NH4+]. The molecule has 0 radical (unpaired) electrons. The first kappa shape index (κ1) is 33.6. The van der Waals surface area contributed by atoms with Gasteiger partial charge in [-0.3, -0.25) is 18.5 Å². The number of aryl methyl sites for hydroxylation is 1. The Balaban J connectivity index is 0.00000385. The van der Waals surface area contributed by atoms with Crippen LogP contribution in [0.1, 0.15) is 17.4 Å². The summed E-state index contributed by atoms with van der Waals surface area (Å²) >= 11 is 0. The van der Waals surface area contributed by atoms with Gasteiger partial charge in [0, 0.05) is 11.8 Å². The van der Waals surface area contributed by atoms with Crippen LogP contribution in [0.25, 0.3) is 11.1 Å². The topological polar surface area (TPSA) is 386 Å². The summed E-state index contributed by atoms with van der Waals surface area (Å²) in [5, 5.41) is 24.0. The van der Waals surface area contributed by atoms with Gasteiger partial charge in [-0.05, 0) is 6.92 Å². The van der Waals surface area contributed by atoms with Gasteiger partial charge in [-0.25, -0.2) is 8.62 Å². The number of phosphoric ester groups is 1. The molecule has 3 unspecified atom stereocenters. The smallest absolute Gasteiger partial charge is 0.280 e. The number of phosphoric acid groups is 3. The van der Waals surface area contributed by atoms with Crippen LogP contribution in [-0.2, 0) is 31.6 Å². The summed E-state index contributed by atoms with van der Waals surface area (Å²) in [6.45, 7) is 0.366. The van der Waals surface area contributed by atoms with Gasteiger partial charge in [-0.1, -0.05) is 5.16 Å². The van der Waals surface area contributed by atoms with Gasteiger partial charge in [0.25, 0.3) is 23.5 Å². The summed E-state index contributed by atoms with van der Waals surface area (Å²) < 4.78 is 54.2. The number of rotatable bonds is 8. The Morgan fingerprint density at radius 2 is 1.69 bits per heavy atom. The third-order valence-electron chi connectivity index (χ3n) is 4.18. The molecule has 35 heavy (non-hydrogen) atoms. The van der Waals surface area contributed by atoms with Crippen molar-refractivity contribution in [3.8, 4) is 0 Å². The average Bonchev–Trinajstić information content (AvgIpc) is 3.12. The van der Waals surface area contributed by atoms with Crippen molar-refractivity contribution in [2.45, 2.75) is 31.3 Å². The highest BCUT2D eigenvalue weighted by molar-refractivity contribution is 7.65. The maximum absolute atomic E-state index is 12.7. The number of hydrogen-bond donors (Lipinski definition) is 7. The quantitative estimate of drug-likeness (QED) is 0.178. The minimum absolute atomic E-state index is 0. The predicted molar refractivity (Wildman–Crippen MR) is 110 cm³/mol. The number of nitrogens with zero attached hydrogens (tertiary/aromatic N) is 1. The molecule has 3 rings (SSSR count). The van der Waals surface area contributed by atoms with Gasteiger partial charge in [0.1, 0.15) is 29.8 Å². The van der Waals surface area contributed by atoms with Crippen LogP contribution < -0.4 is 38.6 Å². The van der Waals surface area contributed by atoms with Crippen molar-refractivity contribution < 1.29 is 65.9 Å². The number of pyridine rings is 1. The lowest BCUT2D eigenvalue weighted by atomic mass is 10.0. The van der Waals surface area contributed by atoms with Crippen LogP contribution >= 0.6 is 23.5 Å². The van der Waals surface area contributed by atoms with Crippen molar-refractivity contribution in [2.24, 2.45) is 0 Å². The van der Waals surface area contributed by atoms with Gasteiger partial charge in [0.15, 0.2) is 0 Å². The monoisotopic (exact) mass is 573 g/mol. The van der Waals surface area contributed by atoms with Crippen LogP contribution in [0, 0.1) is 6.92 Å². The van der Waals surface area contributed by atoms with Gasteiger partial charge in [0.2, 0.25) is 11.1 Å². The van der Waals surface area contributed by atoms with E-state index in [1.807, 2.05) is 0 Å². The molecule has 20 nitrogen and oxygen atoms in total. The predicted octanol–water partition coefficient (Wildman–Crippen LogP) is -1.44. The number of aromatic amines is 1. The molecule has 0 bridgehead atoms. The molecule has 2 aromatic rings. The van der Waals surface area contributed by atoms with Crippen LogP contribution in [0.5, 0.6) is 0 Å². The van der Waals surface area contributed by atoms with E-state index >= 15 is 0 Å². The first-order valence-corrected chi connectivity index (χ1v) is 12.7. The van der Waals surface area contributed by atoms with Crippen LogP contribution in [0.3, 0.4) is 0 Å². The molecule has 16 N–H and O–H groups in total. The number of aliphatic hydroxyl groups excluding tert-OH is 2. The second-order valence-electron chi connectivity index (χ2n) is 6.44. The van der Waals surface area contributed by atoms with Crippen molar-refractivity contribution in [2.75, 3.05) is 6.61 Å². The number of nitrogens with one attached hydrogen (secondary N) is 1. The minimum atomic E-state index is -6.10. The van der Waals surface area contributed by atoms with Crippen molar-refractivity contribution in [1.82, 2.24) is 28.6 Å². The Kier molecular flexibility index (Phi) is 11.3. The molecule has 0 amide bonds. The summed E-state index contributed by atoms with van der Waals surface area (Å²) in [5.74, 6) is 0. The van der Waals surface area contributed by atoms with E-state index in [0.29, 0.717) is 0 Å². The summed E-state index contributed by atoms with van der Waals surface area (Å²) in [7, 11) is -17.8. The summed E-state index contributed by atoms with van der Waals surface area (Å²) in [4.78, 5) is 56.8. The fourth-order valence-corrected chi connectivity index (χ4v) is 5.79. The largest absolute Gasteiger partial charge is 0.756 e. The highest BCUT2D eigenvalue weighted by Gasteiger charge is 2.45. The number of ether oxygens (including phenoxy) is 1. The molecule has 1 aliphatic rings. The molecule has 1 fully saturated rings. The minimum Gasteiger partial charge on any atom is -0.756 e. The van der Waals surface area contributed by atoms with E-state index in [9.17, 15) is 43.4 Å². The van der Waals surface area contributed by atoms with E-state index in [1.165, 1.54) is 6.92 Å². The van der Waals surface area contributed by atoms with Crippen molar-refractivity contribution in [3.63, 3.8) is 0 Å². The lowest BCUT2D eigenvalue weighted by Crippen LogP contribution is -2.34. The van der Waals surface area contributed by atoms with Gasteiger partial charge in [-0.2, -0.15) is 0 Å². The molecular formula is C12H26N5O15P3. The second kappa shape index (κ2) is 11.8. The van der Waals surface area contributed by atoms with Crippen molar-refractivity contribution in [3.05, 3.63) is 27.7 Å². The number of quaternary nitrogens is 3. The second-order valence-corrected chi connectivity index (χ2v) is 10.7. The molecule has 0 aliphatic carbocycles. The Bertz CT molecular complexity index is 1210. The van der Waals surface area contributed by atoms with Gasteiger partial charge < -0.3 is 67.0 Å². The van der Waals surface area contributed by atoms with Crippen molar-refractivity contribution >= 4 is 34.6 Å². The van der Waals surface area contributed by atoms with Gasteiger partial charge in [0.05, 0.1) is 12.3 Å². The molecule has 1 aliphatic heterocycles. The molecule has 7 atom stereocenters. The molecular weight excluding hydrogens is 547 g/mol. The Hall–Kier alpha value is -1.41. The number of fused-ring (bicyclic) bond motifs is 1. The Morgan fingerprint density at radius 3 is 2.26 bits per heavy atom. The number of H-pyrrole nitrogens is 1. The fraction of sp³-hybridized carbons (Fsp3) is 0.500. The van der Waals surface area contributed by atoms with Crippen LogP contribution in [-0.4, -0.2) is 50.2 Å². The lowest BCUT2D eigenvalue weighted by molar-refractivity contribution is -0.250. The van der Waals surface area contributed by atoms with Crippen LogP contribution in [0.4, 0.5) is 0 Å². The van der Waals surface area contributed by atoms with Gasteiger partial charge >= 0.3 is 0 Å². The summed E-state index contributed by atoms with van der Waals surface area (Å²) in [6.07, 6.45) is -5.46. The van der Waals surface area contributed by atoms with Crippen LogP contribution in [0.2, 0.25) is 0 Å². The first-order valence-electron chi connectivity index (χ1n) is 8.32. The molecule has 204 valence electrons. The third kappa shape index (κ3) is 7.78. The average molecular weight is 573 g/mol. The highest BCUT2D eigenvalue weighted by Crippen LogP contribution is 2.61. The molecule has 0 saturated carbocycles. The molecule has 1 saturated heterocycles. The zero-order valence-corrected chi connectivity index (χ0v) is 21.3. The van der Waals surface area contributed by atoms with Gasteiger partial charge in [-0.15, -0.1) is 0 Å². The first-order chi connectivity index (χ1) is 14.6. The molecule has 2 aromatic heterocycles. The van der Waals surface area contributed by atoms with E-state index in [-0.39, 0.29) is 40.8 Å². The number of aliphatic hydroxyl groups is 2. The molecule has 0 spiro atoms. The summed E-state index contributed by atoms with van der Waals surface area (Å²) in [5.41, 5.74) is -0.534. The number of hydrogen-bond acceptors (Lipinski definition) is 15.